The van der Waals surface area contributed by atoms with Crippen LogP contribution in [0.15, 0.2) is 72.9 Å². The highest BCUT2D eigenvalue weighted by Crippen LogP contribution is 2.20. The number of hydrogen-bond acceptors (Lipinski definition) is 5. The summed E-state index contributed by atoms with van der Waals surface area (Å²) in [6.07, 6.45) is 1.61. The van der Waals surface area contributed by atoms with Crippen molar-refractivity contribution in [3.8, 4) is 5.75 Å². The van der Waals surface area contributed by atoms with Crippen LogP contribution in [0.3, 0.4) is 0 Å². The maximum absolute atomic E-state index is 12.5. The second-order valence-corrected chi connectivity index (χ2v) is 6.76. The molecular weight excluding hydrogens is 366 g/mol. The van der Waals surface area contributed by atoms with Crippen LogP contribution in [-0.4, -0.2) is 42.1 Å². The third kappa shape index (κ3) is 5.12. The first kappa shape index (κ1) is 19.0. The van der Waals surface area contributed by atoms with Gasteiger partial charge in [-0.3, -0.25) is 4.79 Å². The number of benzene rings is 2. The van der Waals surface area contributed by atoms with E-state index in [1.54, 1.807) is 17.2 Å². The Morgan fingerprint density at radius 1 is 1.00 bits per heavy atom. The highest BCUT2D eigenvalue weighted by atomic mass is 16.5. The molecule has 0 spiro atoms. The molecule has 6 nitrogen and oxygen atoms in total. The van der Waals surface area contributed by atoms with E-state index in [1.165, 1.54) is 0 Å². The fraction of sp³-hybridized carbons (Fsp3) is 0.217. The van der Waals surface area contributed by atoms with Crippen LogP contribution in [0, 0.1) is 0 Å². The van der Waals surface area contributed by atoms with Crippen LogP contribution in [0.5, 0.6) is 5.75 Å². The third-order valence-electron chi connectivity index (χ3n) is 4.68. The molecule has 0 atom stereocenters. The van der Waals surface area contributed by atoms with Gasteiger partial charge in [-0.25, -0.2) is 4.98 Å². The minimum Gasteiger partial charge on any atom is -0.489 e. The van der Waals surface area contributed by atoms with Gasteiger partial charge in [0.05, 0.1) is 18.8 Å². The Bertz CT molecular complexity index is 922. The van der Waals surface area contributed by atoms with Crippen molar-refractivity contribution >= 4 is 17.4 Å². The number of pyridine rings is 1. The van der Waals surface area contributed by atoms with E-state index < -0.39 is 0 Å². The Balaban J connectivity index is 1.32. The van der Waals surface area contributed by atoms with Crippen LogP contribution in [0.25, 0.3) is 0 Å². The van der Waals surface area contributed by atoms with Gasteiger partial charge in [0.2, 0.25) is 0 Å². The van der Waals surface area contributed by atoms with E-state index in [0.717, 1.165) is 17.0 Å². The molecule has 1 fully saturated rings. The SMILES string of the molecule is O=C(c1ccc(Nc2ccc(OCc3ccccc3)cc2)nc1)N1CCOCC1. The van der Waals surface area contributed by atoms with Crippen molar-refractivity contribution in [2.45, 2.75) is 6.61 Å². The Morgan fingerprint density at radius 2 is 1.76 bits per heavy atom. The highest BCUT2D eigenvalue weighted by Gasteiger charge is 2.18. The molecule has 1 aliphatic rings. The number of carbonyl (C=O) groups excluding carboxylic acids is 1. The Labute approximate surface area is 170 Å². The smallest absolute Gasteiger partial charge is 0.255 e. The molecule has 0 saturated carbocycles. The van der Waals surface area contributed by atoms with Crippen molar-refractivity contribution in [2.75, 3.05) is 31.6 Å². The minimum absolute atomic E-state index is 0.00716. The van der Waals surface area contributed by atoms with E-state index in [-0.39, 0.29) is 5.91 Å². The van der Waals surface area contributed by atoms with Crippen LogP contribution in [0.1, 0.15) is 15.9 Å². The van der Waals surface area contributed by atoms with Crippen molar-refractivity contribution < 1.29 is 14.3 Å². The predicted octanol–water partition coefficient (Wildman–Crippen LogP) is 3.88. The molecule has 0 aliphatic carbocycles. The molecule has 1 aliphatic heterocycles. The summed E-state index contributed by atoms with van der Waals surface area (Å²) < 4.78 is 11.1. The molecule has 4 rings (SSSR count). The van der Waals surface area contributed by atoms with Gasteiger partial charge in [0, 0.05) is 25.0 Å². The minimum atomic E-state index is -0.00716. The van der Waals surface area contributed by atoms with E-state index in [1.807, 2.05) is 60.7 Å². The molecule has 1 amide bonds. The van der Waals surface area contributed by atoms with Gasteiger partial charge < -0.3 is 19.7 Å². The van der Waals surface area contributed by atoms with Crippen LogP contribution in [-0.2, 0) is 11.3 Å². The van der Waals surface area contributed by atoms with Gasteiger partial charge in [-0.2, -0.15) is 0 Å². The first-order chi connectivity index (χ1) is 14.3. The molecule has 0 radical (unpaired) electrons. The monoisotopic (exact) mass is 389 g/mol. The van der Waals surface area contributed by atoms with Gasteiger partial charge in [0.15, 0.2) is 0 Å². The lowest BCUT2D eigenvalue weighted by Crippen LogP contribution is -2.40. The molecule has 1 aromatic heterocycles. The second-order valence-electron chi connectivity index (χ2n) is 6.76. The third-order valence-corrected chi connectivity index (χ3v) is 4.68. The molecular formula is C23H23N3O3. The summed E-state index contributed by atoms with van der Waals surface area (Å²) in [5.74, 6) is 1.48. The number of amides is 1. The molecule has 2 heterocycles. The van der Waals surface area contributed by atoms with Gasteiger partial charge in [-0.15, -0.1) is 0 Å². The molecule has 0 bridgehead atoms. The van der Waals surface area contributed by atoms with Gasteiger partial charge in [0.1, 0.15) is 18.2 Å². The van der Waals surface area contributed by atoms with Crippen molar-refractivity contribution in [3.05, 3.63) is 84.1 Å². The second kappa shape index (κ2) is 9.21. The lowest BCUT2D eigenvalue weighted by molar-refractivity contribution is 0.0302. The molecule has 6 heteroatoms. The van der Waals surface area contributed by atoms with Gasteiger partial charge in [0.25, 0.3) is 5.91 Å². The Morgan fingerprint density at radius 3 is 2.45 bits per heavy atom. The summed E-state index contributed by atoms with van der Waals surface area (Å²) in [5.41, 5.74) is 2.62. The van der Waals surface area contributed by atoms with Crippen LogP contribution < -0.4 is 10.1 Å². The molecule has 3 aromatic rings. The highest BCUT2D eigenvalue weighted by molar-refractivity contribution is 5.94. The van der Waals surface area contributed by atoms with Crippen molar-refractivity contribution in [1.29, 1.82) is 0 Å². The summed E-state index contributed by atoms with van der Waals surface area (Å²) >= 11 is 0. The van der Waals surface area contributed by atoms with Crippen molar-refractivity contribution in [2.24, 2.45) is 0 Å². The number of carbonyl (C=O) groups is 1. The van der Waals surface area contributed by atoms with E-state index in [4.69, 9.17) is 9.47 Å². The standard InChI is InChI=1S/C23H23N3O3/c27-23(26-12-14-28-15-13-26)19-6-11-22(24-16-19)25-20-7-9-21(10-8-20)29-17-18-4-2-1-3-5-18/h1-11,16H,12-15,17H2,(H,24,25). The molecule has 0 unspecified atom stereocenters. The molecule has 148 valence electrons. The lowest BCUT2D eigenvalue weighted by atomic mass is 10.2. The number of anilines is 2. The number of aromatic nitrogens is 1. The number of nitrogens with one attached hydrogen (secondary N) is 1. The summed E-state index contributed by atoms with van der Waals surface area (Å²) in [7, 11) is 0. The number of morpholine rings is 1. The Hall–Kier alpha value is -3.38. The van der Waals surface area contributed by atoms with Gasteiger partial charge >= 0.3 is 0 Å². The maximum Gasteiger partial charge on any atom is 0.255 e. The van der Waals surface area contributed by atoms with Crippen molar-refractivity contribution in [3.63, 3.8) is 0 Å². The zero-order valence-corrected chi connectivity index (χ0v) is 16.1. The maximum atomic E-state index is 12.5. The summed E-state index contributed by atoms with van der Waals surface area (Å²) in [6.45, 7) is 2.95. The summed E-state index contributed by atoms with van der Waals surface area (Å²) in [6, 6.07) is 21.4. The first-order valence-corrected chi connectivity index (χ1v) is 9.65. The summed E-state index contributed by atoms with van der Waals surface area (Å²) in [5, 5.41) is 3.24. The average Bonchev–Trinajstić information content (AvgIpc) is 2.80. The van der Waals surface area contributed by atoms with Crippen molar-refractivity contribution in [1.82, 2.24) is 9.88 Å². The molecule has 2 aromatic carbocycles. The topological polar surface area (TPSA) is 63.7 Å². The van der Waals surface area contributed by atoms with Gasteiger partial charge in [-0.05, 0) is 42.0 Å². The normalized spacial score (nSPS) is 13.7. The van der Waals surface area contributed by atoms with E-state index in [9.17, 15) is 4.79 Å². The average molecular weight is 389 g/mol. The van der Waals surface area contributed by atoms with E-state index in [0.29, 0.717) is 44.3 Å². The zero-order chi connectivity index (χ0) is 19.9. The quantitative estimate of drug-likeness (QED) is 0.693. The zero-order valence-electron chi connectivity index (χ0n) is 16.1. The molecule has 1 saturated heterocycles. The molecule has 1 N–H and O–H groups in total. The van der Waals surface area contributed by atoms with Crippen LogP contribution >= 0.6 is 0 Å². The summed E-state index contributed by atoms with van der Waals surface area (Å²) in [4.78, 5) is 18.6. The van der Waals surface area contributed by atoms with Gasteiger partial charge in [-0.1, -0.05) is 30.3 Å². The van der Waals surface area contributed by atoms with E-state index >= 15 is 0 Å². The van der Waals surface area contributed by atoms with E-state index in [2.05, 4.69) is 10.3 Å². The largest absolute Gasteiger partial charge is 0.489 e. The number of ether oxygens (including phenoxy) is 2. The predicted molar refractivity (Wildman–Crippen MR) is 111 cm³/mol. The Kier molecular flexibility index (Phi) is 6.02. The lowest BCUT2D eigenvalue weighted by Gasteiger charge is -2.26. The fourth-order valence-electron chi connectivity index (χ4n) is 3.07. The first-order valence-electron chi connectivity index (χ1n) is 9.65. The fourth-order valence-corrected chi connectivity index (χ4v) is 3.07. The molecule has 29 heavy (non-hydrogen) atoms. The van der Waals surface area contributed by atoms with Crippen LogP contribution in [0.2, 0.25) is 0 Å². The number of rotatable bonds is 6. The number of hydrogen-bond donors (Lipinski definition) is 1. The van der Waals surface area contributed by atoms with Crippen LogP contribution in [0.4, 0.5) is 11.5 Å². The number of nitrogens with zero attached hydrogens (tertiary/aromatic N) is 2.